The van der Waals surface area contributed by atoms with Crippen LogP contribution in [0.5, 0.6) is 0 Å². The standard InChI is InChI=1S/C9H4BrF2NOS/c10-5-2-6(11)4(1-7(5)12)8-3-15-9(14)13-8/h1-3H,(H,13,14). The minimum absolute atomic E-state index is 0.0500. The Morgan fingerprint density at radius 1 is 1.27 bits per heavy atom. The van der Waals surface area contributed by atoms with Crippen LogP contribution < -0.4 is 4.87 Å². The van der Waals surface area contributed by atoms with Gasteiger partial charge in [-0.1, -0.05) is 11.3 Å². The third kappa shape index (κ3) is 2.00. The van der Waals surface area contributed by atoms with E-state index < -0.39 is 11.6 Å². The van der Waals surface area contributed by atoms with E-state index in [2.05, 4.69) is 20.9 Å². The molecule has 0 radical (unpaired) electrons. The summed E-state index contributed by atoms with van der Waals surface area (Å²) in [5.41, 5.74) is 0.336. The molecule has 0 atom stereocenters. The summed E-state index contributed by atoms with van der Waals surface area (Å²) in [6.07, 6.45) is 0. The summed E-state index contributed by atoms with van der Waals surface area (Å²) in [5.74, 6) is -1.16. The van der Waals surface area contributed by atoms with Crippen molar-refractivity contribution < 1.29 is 8.78 Å². The van der Waals surface area contributed by atoms with Crippen molar-refractivity contribution in [1.82, 2.24) is 4.98 Å². The molecule has 0 unspecified atom stereocenters. The lowest BCUT2D eigenvalue weighted by molar-refractivity contribution is 0.597. The maximum atomic E-state index is 13.4. The molecule has 0 spiro atoms. The summed E-state index contributed by atoms with van der Waals surface area (Å²) < 4.78 is 26.6. The highest BCUT2D eigenvalue weighted by Gasteiger charge is 2.11. The smallest absolute Gasteiger partial charge is 0.304 e. The van der Waals surface area contributed by atoms with Crippen molar-refractivity contribution >= 4 is 27.3 Å². The van der Waals surface area contributed by atoms with Gasteiger partial charge in [-0.25, -0.2) is 8.78 Å². The Morgan fingerprint density at radius 2 is 2.00 bits per heavy atom. The van der Waals surface area contributed by atoms with Crippen molar-refractivity contribution in [1.29, 1.82) is 0 Å². The largest absolute Gasteiger partial charge is 0.312 e. The molecule has 0 saturated heterocycles. The average molecular weight is 292 g/mol. The van der Waals surface area contributed by atoms with Gasteiger partial charge in [0.15, 0.2) is 0 Å². The molecule has 0 aliphatic carbocycles. The first-order valence-electron chi connectivity index (χ1n) is 3.90. The number of rotatable bonds is 1. The predicted molar refractivity (Wildman–Crippen MR) is 58.0 cm³/mol. The van der Waals surface area contributed by atoms with E-state index in [-0.39, 0.29) is 20.6 Å². The van der Waals surface area contributed by atoms with Crippen LogP contribution in [0.25, 0.3) is 11.3 Å². The second-order valence-electron chi connectivity index (χ2n) is 2.81. The minimum Gasteiger partial charge on any atom is -0.312 e. The zero-order valence-corrected chi connectivity index (χ0v) is 9.58. The molecule has 2 rings (SSSR count). The second-order valence-corrected chi connectivity index (χ2v) is 4.50. The lowest BCUT2D eigenvalue weighted by Crippen LogP contribution is -1.94. The average Bonchev–Trinajstić information content (AvgIpc) is 2.58. The molecule has 0 amide bonds. The number of halogens is 3. The lowest BCUT2D eigenvalue weighted by atomic mass is 10.1. The van der Waals surface area contributed by atoms with Crippen LogP contribution in [0.4, 0.5) is 8.78 Å². The molecule has 0 saturated carbocycles. The van der Waals surface area contributed by atoms with Gasteiger partial charge in [-0.05, 0) is 28.1 Å². The van der Waals surface area contributed by atoms with Gasteiger partial charge < -0.3 is 4.98 Å². The Balaban J connectivity index is 2.63. The van der Waals surface area contributed by atoms with Gasteiger partial charge in [0.25, 0.3) is 0 Å². The second kappa shape index (κ2) is 3.86. The van der Waals surface area contributed by atoms with Gasteiger partial charge >= 0.3 is 4.87 Å². The van der Waals surface area contributed by atoms with E-state index in [0.29, 0.717) is 0 Å². The monoisotopic (exact) mass is 291 g/mol. The number of H-pyrrole nitrogens is 1. The topological polar surface area (TPSA) is 32.9 Å². The van der Waals surface area contributed by atoms with Crippen molar-refractivity contribution in [3.8, 4) is 11.3 Å². The zero-order valence-electron chi connectivity index (χ0n) is 7.18. The van der Waals surface area contributed by atoms with Crippen LogP contribution in [0.1, 0.15) is 0 Å². The Hall–Kier alpha value is -1.01. The zero-order chi connectivity index (χ0) is 11.0. The van der Waals surface area contributed by atoms with Gasteiger partial charge in [0, 0.05) is 10.9 Å². The highest BCUT2D eigenvalue weighted by molar-refractivity contribution is 9.10. The van der Waals surface area contributed by atoms with E-state index in [1.54, 1.807) is 0 Å². The van der Waals surface area contributed by atoms with Crippen molar-refractivity contribution in [2.75, 3.05) is 0 Å². The number of hydrogen-bond donors (Lipinski definition) is 1. The van der Waals surface area contributed by atoms with Crippen molar-refractivity contribution in [3.63, 3.8) is 0 Å². The highest BCUT2D eigenvalue weighted by Crippen LogP contribution is 2.26. The quantitative estimate of drug-likeness (QED) is 0.805. The summed E-state index contributed by atoms with van der Waals surface area (Å²) in [4.78, 5) is 13.0. The van der Waals surface area contributed by atoms with E-state index in [1.807, 2.05) is 0 Å². The van der Waals surface area contributed by atoms with Crippen LogP contribution in [0.15, 0.2) is 26.8 Å². The van der Waals surface area contributed by atoms with E-state index in [0.717, 1.165) is 23.5 Å². The normalized spacial score (nSPS) is 10.6. The van der Waals surface area contributed by atoms with Crippen molar-refractivity contribution in [2.24, 2.45) is 0 Å². The Labute approximate surface area is 95.7 Å². The van der Waals surface area contributed by atoms with Crippen LogP contribution in [0.3, 0.4) is 0 Å². The van der Waals surface area contributed by atoms with Gasteiger partial charge in [0.2, 0.25) is 0 Å². The molecule has 0 bridgehead atoms. The SMILES string of the molecule is O=c1[nH]c(-c2cc(F)c(Br)cc2F)cs1. The number of hydrogen-bond acceptors (Lipinski definition) is 2. The minimum atomic E-state index is -0.586. The van der Waals surface area contributed by atoms with Crippen LogP contribution in [0.2, 0.25) is 0 Å². The Bertz CT molecular complexity index is 563. The molecule has 2 aromatic rings. The molecule has 0 fully saturated rings. The lowest BCUT2D eigenvalue weighted by Gasteiger charge is -2.01. The summed E-state index contributed by atoms with van der Waals surface area (Å²) in [7, 11) is 0. The molecule has 1 N–H and O–H groups in total. The van der Waals surface area contributed by atoms with E-state index in [1.165, 1.54) is 5.38 Å². The number of benzene rings is 1. The first-order valence-corrected chi connectivity index (χ1v) is 5.58. The number of nitrogens with one attached hydrogen (secondary N) is 1. The van der Waals surface area contributed by atoms with Crippen LogP contribution in [-0.4, -0.2) is 4.98 Å². The fourth-order valence-electron chi connectivity index (χ4n) is 1.14. The molecule has 0 aliphatic rings. The first-order chi connectivity index (χ1) is 7.08. The van der Waals surface area contributed by atoms with Gasteiger partial charge in [-0.3, -0.25) is 4.79 Å². The Morgan fingerprint density at radius 3 is 2.60 bits per heavy atom. The number of thiazole rings is 1. The summed E-state index contributed by atoms with van der Waals surface area (Å²) in [6.45, 7) is 0. The molecule has 1 aromatic carbocycles. The third-order valence-electron chi connectivity index (χ3n) is 1.82. The molecule has 0 aliphatic heterocycles. The van der Waals surface area contributed by atoms with Gasteiger partial charge in [0.05, 0.1) is 10.2 Å². The van der Waals surface area contributed by atoms with E-state index >= 15 is 0 Å². The fraction of sp³-hybridized carbons (Fsp3) is 0. The maximum Gasteiger partial charge on any atom is 0.304 e. The van der Waals surface area contributed by atoms with Gasteiger partial charge in [-0.2, -0.15) is 0 Å². The van der Waals surface area contributed by atoms with Crippen LogP contribution >= 0.6 is 27.3 Å². The Kier molecular flexibility index (Phi) is 2.70. The van der Waals surface area contributed by atoms with Crippen LogP contribution in [-0.2, 0) is 0 Å². The first kappa shape index (κ1) is 10.5. The third-order valence-corrected chi connectivity index (χ3v) is 3.10. The van der Waals surface area contributed by atoms with Crippen molar-refractivity contribution in [3.05, 3.63) is 43.3 Å². The molecule has 6 heteroatoms. The predicted octanol–water partition coefficient (Wildman–Crippen LogP) is 3.14. The van der Waals surface area contributed by atoms with Gasteiger partial charge in [0.1, 0.15) is 11.6 Å². The van der Waals surface area contributed by atoms with Gasteiger partial charge in [-0.15, -0.1) is 0 Å². The van der Waals surface area contributed by atoms with Crippen LogP contribution in [0, 0.1) is 11.6 Å². The van der Waals surface area contributed by atoms with E-state index in [4.69, 9.17) is 0 Å². The number of aromatic amines is 1. The molecule has 1 heterocycles. The van der Waals surface area contributed by atoms with Crippen molar-refractivity contribution in [2.45, 2.75) is 0 Å². The molecular weight excluding hydrogens is 288 g/mol. The van der Waals surface area contributed by atoms with E-state index in [9.17, 15) is 13.6 Å². The summed E-state index contributed by atoms with van der Waals surface area (Å²) in [5, 5.41) is 1.45. The number of aromatic nitrogens is 1. The molecule has 15 heavy (non-hydrogen) atoms. The summed E-state index contributed by atoms with van der Waals surface area (Å²) in [6, 6.07) is 2.07. The molecule has 1 aromatic heterocycles. The molecular formula is C9H4BrF2NOS. The highest BCUT2D eigenvalue weighted by atomic mass is 79.9. The molecule has 2 nitrogen and oxygen atoms in total. The summed E-state index contributed by atoms with van der Waals surface area (Å²) >= 11 is 3.78. The fourth-order valence-corrected chi connectivity index (χ4v) is 2.04. The molecule has 78 valence electrons. The maximum absolute atomic E-state index is 13.4.